The molecule has 1 saturated carbocycles. The lowest BCUT2D eigenvalue weighted by Gasteiger charge is -2.43. The van der Waals surface area contributed by atoms with Crippen molar-refractivity contribution >= 4 is 0 Å². The number of nitrogens with two attached hydrogens (primary N) is 1. The summed E-state index contributed by atoms with van der Waals surface area (Å²) in [6.07, 6.45) is 2.20. The number of alkyl halides is 2. The predicted octanol–water partition coefficient (Wildman–Crippen LogP) is 3.66. The van der Waals surface area contributed by atoms with Crippen molar-refractivity contribution in [1.29, 1.82) is 0 Å². The first kappa shape index (κ1) is 18.7. The molecule has 3 nitrogen and oxygen atoms in total. The fourth-order valence-electron chi connectivity index (χ4n) is 4.47. The van der Waals surface area contributed by atoms with Crippen molar-refractivity contribution in [2.75, 3.05) is 13.6 Å². The van der Waals surface area contributed by atoms with E-state index in [0.29, 0.717) is 18.5 Å². The van der Waals surface area contributed by atoms with Crippen molar-refractivity contribution in [2.24, 2.45) is 5.73 Å². The van der Waals surface area contributed by atoms with E-state index >= 15 is 0 Å². The molecule has 0 spiro atoms. The summed E-state index contributed by atoms with van der Waals surface area (Å²) in [5.74, 6) is -2.76. The molecule has 0 amide bonds. The van der Waals surface area contributed by atoms with Gasteiger partial charge in [-0.1, -0.05) is 30.3 Å². The Labute approximate surface area is 150 Å². The van der Waals surface area contributed by atoms with Gasteiger partial charge in [0.15, 0.2) is 0 Å². The van der Waals surface area contributed by atoms with Crippen LogP contribution in [0, 0.1) is 0 Å². The second-order valence-electron chi connectivity index (χ2n) is 8.02. The molecule has 3 rings (SSSR count). The average Bonchev–Trinajstić information content (AvgIpc) is 3.02. The highest BCUT2D eigenvalue weighted by Crippen LogP contribution is 2.42. The highest BCUT2D eigenvalue weighted by Gasteiger charge is 2.50. The van der Waals surface area contributed by atoms with E-state index in [1.165, 1.54) is 5.56 Å². The Morgan fingerprint density at radius 1 is 1.24 bits per heavy atom. The Morgan fingerprint density at radius 3 is 2.56 bits per heavy atom. The SMILES string of the molecule is CC(C)N(C)[C@@H]1CC(c2ccccc2)N([C@H]2CCCC(F)(F)[C@@H]2N)C1. The smallest absolute Gasteiger partial charge is 0.264 e. The van der Waals surface area contributed by atoms with Gasteiger partial charge in [-0.25, -0.2) is 8.78 Å². The number of benzene rings is 1. The number of likely N-dealkylation sites (N-methyl/N-ethyl adjacent to an activating group) is 1. The zero-order valence-electron chi connectivity index (χ0n) is 15.5. The maximum atomic E-state index is 14.3. The van der Waals surface area contributed by atoms with Crippen molar-refractivity contribution < 1.29 is 8.78 Å². The van der Waals surface area contributed by atoms with Crippen LogP contribution >= 0.6 is 0 Å². The van der Waals surface area contributed by atoms with Crippen LogP contribution in [0.25, 0.3) is 0 Å². The lowest BCUT2D eigenvalue weighted by atomic mass is 9.85. The topological polar surface area (TPSA) is 32.5 Å². The Morgan fingerprint density at radius 2 is 1.92 bits per heavy atom. The van der Waals surface area contributed by atoms with Crippen LogP contribution in [0.5, 0.6) is 0 Å². The lowest BCUT2D eigenvalue weighted by Crippen LogP contribution is -2.59. The van der Waals surface area contributed by atoms with Gasteiger partial charge in [0.2, 0.25) is 0 Å². The molecule has 2 N–H and O–H groups in total. The van der Waals surface area contributed by atoms with Gasteiger partial charge in [0, 0.05) is 37.1 Å². The summed E-state index contributed by atoms with van der Waals surface area (Å²) in [6.45, 7) is 5.17. The third-order valence-electron chi connectivity index (χ3n) is 6.23. The number of likely N-dealkylation sites (tertiary alicyclic amines) is 1. The molecule has 0 radical (unpaired) electrons. The highest BCUT2D eigenvalue weighted by molar-refractivity contribution is 5.22. The molecule has 1 saturated heterocycles. The summed E-state index contributed by atoms with van der Waals surface area (Å²) in [4.78, 5) is 4.64. The Bertz CT molecular complexity index is 563. The van der Waals surface area contributed by atoms with Crippen molar-refractivity contribution in [3.05, 3.63) is 35.9 Å². The van der Waals surface area contributed by atoms with E-state index in [4.69, 9.17) is 5.73 Å². The fraction of sp³-hybridized carbons (Fsp3) is 0.700. The van der Waals surface area contributed by atoms with Crippen molar-refractivity contribution in [1.82, 2.24) is 9.80 Å². The predicted molar refractivity (Wildman–Crippen MR) is 97.8 cm³/mol. The van der Waals surface area contributed by atoms with Gasteiger partial charge in [-0.2, -0.15) is 0 Å². The number of rotatable bonds is 4. The Balaban J connectivity index is 1.88. The van der Waals surface area contributed by atoms with Crippen LogP contribution in [-0.2, 0) is 0 Å². The minimum Gasteiger partial charge on any atom is -0.321 e. The van der Waals surface area contributed by atoms with Crippen LogP contribution < -0.4 is 5.73 Å². The maximum absolute atomic E-state index is 14.3. The highest BCUT2D eigenvalue weighted by atomic mass is 19.3. The van der Waals surface area contributed by atoms with Crippen molar-refractivity contribution in [3.63, 3.8) is 0 Å². The molecule has 1 aliphatic heterocycles. The average molecular weight is 351 g/mol. The molecule has 1 aromatic rings. The molecule has 1 unspecified atom stereocenters. The van der Waals surface area contributed by atoms with Crippen LogP contribution in [0.2, 0.25) is 0 Å². The molecule has 1 heterocycles. The zero-order valence-corrected chi connectivity index (χ0v) is 15.5. The fourth-order valence-corrected chi connectivity index (χ4v) is 4.47. The first-order valence-corrected chi connectivity index (χ1v) is 9.47. The molecule has 25 heavy (non-hydrogen) atoms. The van der Waals surface area contributed by atoms with Gasteiger partial charge in [0.05, 0.1) is 6.04 Å². The largest absolute Gasteiger partial charge is 0.321 e. The van der Waals surface area contributed by atoms with E-state index in [1.54, 1.807) is 0 Å². The van der Waals surface area contributed by atoms with Crippen molar-refractivity contribution in [3.8, 4) is 0 Å². The van der Waals surface area contributed by atoms with E-state index in [-0.39, 0.29) is 18.5 Å². The molecular formula is C20H31F2N3. The van der Waals surface area contributed by atoms with Gasteiger partial charge < -0.3 is 5.73 Å². The summed E-state index contributed by atoms with van der Waals surface area (Å²) in [5, 5.41) is 0. The molecule has 5 heteroatoms. The molecule has 4 atom stereocenters. The Hall–Kier alpha value is -1.04. The standard InChI is InChI=1S/C20H31F2N3/c1-14(2)24(3)16-12-18(15-8-5-4-6-9-15)25(13-16)17-10-7-11-20(21,22)19(17)23/h4-6,8-9,14,16-19H,7,10-13,23H2,1-3H3/t16-,17+,18?,19-/m1/s1. The lowest BCUT2D eigenvalue weighted by molar-refractivity contribution is -0.0851. The van der Waals surface area contributed by atoms with Crippen LogP contribution in [0.1, 0.15) is 51.1 Å². The molecule has 1 aliphatic carbocycles. The first-order valence-electron chi connectivity index (χ1n) is 9.47. The van der Waals surface area contributed by atoms with Gasteiger partial charge in [0.25, 0.3) is 5.92 Å². The zero-order chi connectivity index (χ0) is 18.2. The van der Waals surface area contributed by atoms with E-state index in [0.717, 1.165) is 19.4 Å². The third kappa shape index (κ3) is 3.74. The molecule has 0 bridgehead atoms. The Kier molecular flexibility index (Phi) is 5.47. The minimum absolute atomic E-state index is 0.0795. The summed E-state index contributed by atoms with van der Waals surface area (Å²) < 4.78 is 28.5. The number of hydrogen-bond donors (Lipinski definition) is 1. The summed E-state index contributed by atoms with van der Waals surface area (Å²) in [6, 6.07) is 9.93. The van der Waals surface area contributed by atoms with Crippen LogP contribution in [0.15, 0.2) is 30.3 Å². The minimum atomic E-state index is -2.76. The second-order valence-corrected chi connectivity index (χ2v) is 8.02. The van der Waals surface area contributed by atoms with Gasteiger partial charge >= 0.3 is 0 Å². The second kappa shape index (κ2) is 7.29. The van der Waals surface area contributed by atoms with E-state index in [2.05, 4.69) is 42.8 Å². The number of nitrogens with zero attached hydrogens (tertiary/aromatic N) is 2. The molecule has 0 aromatic heterocycles. The number of halogens is 2. The van der Waals surface area contributed by atoms with Gasteiger partial charge in [-0.05, 0) is 45.7 Å². The molecule has 2 aliphatic rings. The quantitative estimate of drug-likeness (QED) is 0.899. The molecule has 140 valence electrons. The monoisotopic (exact) mass is 351 g/mol. The maximum Gasteiger partial charge on any atom is 0.264 e. The molecule has 2 fully saturated rings. The van der Waals surface area contributed by atoms with E-state index in [1.807, 2.05) is 18.2 Å². The third-order valence-corrected chi connectivity index (χ3v) is 6.23. The first-order chi connectivity index (χ1) is 11.8. The van der Waals surface area contributed by atoms with Gasteiger partial charge in [0.1, 0.15) is 0 Å². The normalized spacial score (nSPS) is 33.3. The van der Waals surface area contributed by atoms with E-state index in [9.17, 15) is 8.78 Å². The van der Waals surface area contributed by atoms with Crippen LogP contribution in [-0.4, -0.2) is 53.5 Å². The summed E-state index contributed by atoms with van der Waals surface area (Å²) >= 11 is 0. The van der Waals surface area contributed by atoms with Crippen LogP contribution in [0.3, 0.4) is 0 Å². The molecule has 1 aromatic carbocycles. The number of hydrogen-bond acceptors (Lipinski definition) is 3. The summed E-state index contributed by atoms with van der Waals surface area (Å²) in [5.41, 5.74) is 7.26. The van der Waals surface area contributed by atoms with Gasteiger partial charge in [-0.3, -0.25) is 9.80 Å². The van der Waals surface area contributed by atoms with Gasteiger partial charge in [-0.15, -0.1) is 0 Å². The summed E-state index contributed by atoms with van der Waals surface area (Å²) in [7, 11) is 2.14. The van der Waals surface area contributed by atoms with Crippen LogP contribution in [0.4, 0.5) is 8.78 Å². The van der Waals surface area contributed by atoms with Crippen molar-refractivity contribution in [2.45, 2.75) is 75.7 Å². The molecular weight excluding hydrogens is 320 g/mol. The van der Waals surface area contributed by atoms with E-state index < -0.39 is 12.0 Å².